The first-order valence-corrected chi connectivity index (χ1v) is 5.62. The van der Waals surface area contributed by atoms with Crippen molar-refractivity contribution in [1.29, 1.82) is 0 Å². The summed E-state index contributed by atoms with van der Waals surface area (Å²) in [5, 5.41) is 19.7. The Morgan fingerprint density at radius 2 is 2.29 bits per heavy atom. The minimum Gasteiger partial charge on any atom is -0.494 e. The summed E-state index contributed by atoms with van der Waals surface area (Å²) in [7, 11) is 0. The van der Waals surface area contributed by atoms with Crippen LogP contribution in [0.15, 0.2) is 4.99 Å². The average molecular weight is 275 g/mol. The number of hydrogen-bond acceptors (Lipinski definition) is 6. The number of carboxylic acid groups (broad SMARTS) is 1. The van der Waals surface area contributed by atoms with Crippen molar-refractivity contribution in [2.24, 2.45) is 4.99 Å². The molecule has 92 valence electrons. The Balaban J connectivity index is 2.45. The van der Waals surface area contributed by atoms with Crippen molar-refractivity contribution in [3.05, 3.63) is 8.83 Å². The highest BCUT2D eigenvalue weighted by Gasteiger charge is 2.03. The van der Waals surface area contributed by atoms with Gasteiger partial charge >= 0.3 is 5.97 Å². The highest BCUT2D eigenvalue weighted by atomic mass is 32.1. The Labute approximate surface area is 105 Å². The molecule has 7 nitrogen and oxygen atoms in total. The van der Waals surface area contributed by atoms with E-state index in [1.54, 1.807) is 0 Å². The zero-order chi connectivity index (χ0) is 12.8. The number of carboxylic acids is 1. The van der Waals surface area contributed by atoms with E-state index in [1.165, 1.54) is 6.21 Å². The van der Waals surface area contributed by atoms with E-state index in [2.05, 4.69) is 15.3 Å². The van der Waals surface area contributed by atoms with E-state index in [4.69, 9.17) is 17.3 Å². The number of nitrogens with zero attached hydrogens (tertiary/aromatic N) is 1. The summed E-state index contributed by atoms with van der Waals surface area (Å²) in [5.74, 6) is -1.74. The lowest BCUT2D eigenvalue weighted by atomic mass is 10.5. The zero-order valence-electron chi connectivity index (χ0n) is 8.47. The van der Waals surface area contributed by atoms with E-state index >= 15 is 0 Å². The summed E-state index contributed by atoms with van der Waals surface area (Å²) in [6.07, 6.45) is 1.30. The number of carbonyl (C=O) groups is 2. The third-order valence-corrected chi connectivity index (χ3v) is 2.69. The van der Waals surface area contributed by atoms with Gasteiger partial charge in [-0.05, 0) is 12.2 Å². The molecule has 0 radical (unpaired) electrons. The van der Waals surface area contributed by atoms with Gasteiger partial charge in [0.15, 0.2) is 3.95 Å². The van der Waals surface area contributed by atoms with Gasteiger partial charge in [-0.1, -0.05) is 11.3 Å². The van der Waals surface area contributed by atoms with Crippen LogP contribution < -0.4 is 5.32 Å². The van der Waals surface area contributed by atoms with Crippen LogP contribution in [0.2, 0.25) is 0 Å². The van der Waals surface area contributed by atoms with E-state index in [-0.39, 0.29) is 12.4 Å². The van der Waals surface area contributed by atoms with Crippen LogP contribution in [0, 0.1) is 3.95 Å². The number of H-pyrrole nitrogens is 1. The molecule has 0 aromatic carbocycles. The highest BCUT2D eigenvalue weighted by Crippen LogP contribution is 2.18. The van der Waals surface area contributed by atoms with Gasteiger partial charge in [-0.3, -0.25) is 14.6 Å². The largest absolute Gasteiger partial charge is 0.494 e. The maximum atomic E-state index is 11.1. The smallest absolute Gasteiger partial charge is 0.322 e. The number of nitrogens with one attached hydrogen (secondary N) is 2. The fourth-order valence-corrected chi connectivity index (χ4v) is 1.85. The molecule has 0 atom stereocenters. The van der Waals surface area contributed by atoms with Gasteiger partial charge in [0.2, 0.25) is 11.8 Å². The second-order valence-electron chi connectivity index (χ2n) is 2.87. The number of carbonyl (C=O) groups excluding carboxylic acids is 1. The molecular formula is C8H9N3O4S2. The molecule has 1 amide bonds. The molecule has 0 aliphatic rings. The van der Waals surface area contributed by atoms with Crippen molar-refractivity contribution in [3.8, 4) is 5.88 Å². The summed E-state index contributed by atoms with van der Waals surface area (Å²) in [6.45, 7) is -0.653. The number of aromatic nitrogens is 1. The Bertz CT molecular complexity index is 505. The number of aromatic hydroxyl groups is 1. The van der Waals surface area contributed by atoms with Crippen molar-refractivity contribution in [2.75, 3.05) is 13.1 Å². The van der Waals surface area contributed by atoms with Crippen LogP contribution in [0.1, 0.15) is 4.88 Å². The minimum atomic E-state index is -1.12. The van der Waals surface area contributed by atoms with Gasteiger partial charge in [-0.2, -0.15) is 0 Å². The highest BCUT2D eigenvalue weighted by molar-refractivity contribution is 7.73. The van der Waals surface area contributed by atoms with E-state index in [1.807, 2.05) is 0 Å². The first-order chi connectivity index (χ1) is 7.99. The van der Waals surface area contributed by atoms with Crippen molar-refractivity contribution >= 4 is 41.6 Å². The molecule has 4 N–H and O–H groups in total. The summed E-state index contributed by atoms with van der Waals surface area (Å²) < 4.78 is 0.402. The van der Waals surface area contributed by atoms with E-state index < -0.39 is 18.4 Å². The molecule has 0 aliphatic heterocycles. The molecule has 1 rings (SSSR count). The third-order valence-electron chi connectivity index (χ3n) is 1.54. The Kier molecular flexibility index (Phi) is 4.79. The first kappa shape index (κ1) is 13.3. The number of hydrogen-bond donors (Lipinski definition) is 4. The molecule has 0 bridgehead atoms. The third kappa shape index (κ3) is 4.74. The molecule has 0 spiro atoms. The number of thiazole rings is 1. The summed E-state index contributed by atoms with van der Waals surface area (Å²) >= 11 is 5.91. The van der Waals surface area contributed by atoms with Crippen LogP contribution in [0.3, 0.4) is 0 Å². The number of aliphatic carboxylic acids is 1. The molecule has 1 heterocycles. The molecule has 1 aromatic heterocycles. The SMILES string of the molecule is O=C(O)CNC(=O)CN=Cc1sc(=S)[nH]c1O. The van der Waals surface area contributed by atoms with Gasteiger partial charge in [0.1, 0.15) is 18.0 Å². The lowest BCUT2D eigenvalue weighted by molar-refractivity contribution is -0.137. The predicted molar refractivity (Wildman–Crippen MR) is 64.3 cm³/mol. The summed E-state index contributed by atoms with van der Waals surface area (Å²) in [6, 6.07) is 0. The molecule has 9 heteroatoms. The summed E-state index contributed by atoms with van der Waals surface area (Å²) in [4.78, 5) is 27.9. The van der Waals surface area contributed by atoms with Crippen molar-refractivity contribution in [1.82, 2.24) is 10.3 Å². The molecule has 1 aromatic rings. The molecule has 0 saturated heterocycles. The van der Waals surface area contributed by atoms with Gasteiger partial charge in [0.25, 0.3) is 0 Å². The van der Waals surface area contributed by atoms with Crippen molar-refractivity contribution in [3.63, 3.8) is 0 Å². The van der Waals surface area contributed by atoms with Crippen LogP contribution in [0.5, 0.6) is 5.88 Å². The number of aliphatic imine (C=N–C) groups is 1. The Morgan fingerprint density at radius 1 is 1.59 bits per heavy atom. The fourth-order valence-electron chi connectivity index (χ4n) is 0.861. The lowest BCUT2D eigenvalue weighted by Crippen LogP contribution is -2.30. The second-order valence-corrected chi connectivity index (χ2v) is 4.59. The van der Waals surface area contributed by atoms with Gasteiger partial charge in [0.05, 0.1) is 0 Å². The standard InChI is InChI=1S/C8H9N3O4S2/c12-5(10-3-6(13)14)2-9-1-4-7(15)11-8(16)17-4/h1,15H,2-3H2,(H,10,12)(H,11,16)(H,13,14). The quantitative estimate of drug-likeness (QED) is 0.450. The molecule has 17 heavy (non-hydrogen) atoms. The van der Waals surface area contributed by atoms with Gasteiger partial charge in [-0.25, -0.2) is 0 Å². The number of aromatic amines is 1. The van der Waals surface area contributed by atoms with Gasteiger partial charge < -0.3 is 20.5 Å². The maximum Gasteiger partial charge on any atom is 0.322 e. The minimum absolute atomic E-state index is 0.102. The first-order valence-electron chi connectivity index (χ1n) is 4.39. The molecular weight excluding hydrogens is 266 g/mol. The molecule has 0 saturated carbocycles. The van der Waals surface area contributed by atoms with Gasteiger partial charge in [-0.15, -0.1) is 0 Å². The predicted octanol–water partition coefficient (Wildman–Crippen LogP) is 0.131. The van der Waals surface area contributed by atoms with Crippen LogP contribution in [0.25, 0.3) is 0 Å². The lowest BCUT2D eigenvalue weighted by Gasteiger charge is -1.97. The second kappa shape index (κ2) is 6.11. The van der Waals surface area contributed by atoms with Crippen molar-refractivity contribution in [2.45, 2.75) is 0 Å². The van der Waals surface area contributed by atoms with E-state index in [9.17, 15) is 14.7 Å². The maximum absolute atomic E-state index is 11.1. The molecule has 0 fully saturated rings. The number of amides is 1. The van der Waals surface area contributed by atoms with E-state index in [0.29, 0.717) is 8.83 Å². The Morgan fingerprint density at radius 3 is 2.82 bits per heavy atom. The molecule has 0 aliphatic carbocycles. The van der Waals surface area contributed by atoms with Crippen LogP contribution in [-0.2, 0) is 9.59 Å². The molecule has 0 unspecified atom stereocenters. The average Bonchev–Trinajstić information content (AvgIpc) is 2.55. The van der Waals surface area contributed by atoms with Crippen LogP contribution >= 0.6 is 23.6 Å². The Hall–Kier alpha value is -1.74. The van der Waals surface area contributed by atoms with E-state index in [0.717, 1.165) is 11.3 Å². The summed E-state index contributed by atoms with van der Waals surface area (Å²) in [5.41, 5.74) is 0. The van der Waals surface area contributed by atoms with Crippen LogP contribution in [0.4, 0.5) is 0 Å². The van der Waals surface area contributed by atoms with Gasteiger partial charge in [0, 0.05) is 6.21 Å². The normalized spacial score (nSPS) is 10.6. The zero-order valence-corrected chi connectivity index (χ0v) is 10.1. The van der Waals surface area contributed by atoms with Crippen LogP contribution in [-0.4, -0.2) is 46.4 Å². The van der Waals surface area contributed by atoms with Crippen molar-refractivity contribution < 1.29 is 19.8 Å². The topological polar surface area (TPSA) is 115 Å². The fraction of sp³-hybridized carbons (Fsp3) is 0.250. The monoisotopic (exact) mass is 275 g/mol. The number of rotatable bonds is 5.